The highest BCUT2D eigenvalue weighted by Gasteiger charge is 2.34. The van der Waals surface area contributed by atoms with E-state index in [1.165, 1.54) is 7.05 Å². The highest BCUT2D eigenvalue weighted by molar-refractivity contribution is 5.81. The van der Waals surface area contributed by atoms with Crippen molar-refractivity contribution in [2.45, 2.75) is 25.1 Å². The molecular weight excluding hydrogens is 197 g/mol. The summed E-state index contributed by atoms with van der Waals surface area (Å²) < 4.78 is 35.8. The van der Waals surface area contributed by atoms with E-state index in [4.69, 9.17) is 0 Å². The van der Waals surface area contributed by atoms with Crippen molar-refractivity contribution in [2.75, 3.05) is 20.1 Å². The van der Waals surface area contributed by atoms with Gasteiger partial charge in [0.2, 0.25) is 5.91 Å². The van der Waals surface area contributed by atoms with Crippen molar-refractivity contribution in [3.8, 4) is 0 Å². The molecule has 1 heterocycles. The quantitative estimate of drug-likeness (QED) is 0.729. The average Bonchev–Trinajstić information content (AvgIpc) is 2.51. The fourth-order valence-corrected chi connectivity index (χ4v) is 1.51. The largest absolute Gasteiger partial charge is 0.406 e. The van der Waals surface area contributed by atoms with E-state index < -0.39 is 24.7 Å². The van der Waals surface area contributed by atoms with E-state index in [1.807, 2.05) is 0 Å². The molecule has 0 aromatic rings. The maximum Gasteiger partial charge on any atom is 0.406 e. The summed E-state index contributed by atoms with van der Waals surface area (Å²) >= 11 is 0. The Labute approximate surface area is 80.3 Å². The van der Waals surface area contributed by atoms with Crippen molar-refractivity contribution in [1.29, 1.82) is 0 Å². The van der Waals surface area contributed by atoms with E-state index in [9.17, 15) is 18.0 Å². The molecule has 0 bridgehead atoms. The Balaban J connectivity index is 2.43. The molecule has 0 aromatic carbocycles. The molecule has 1 atom stereocenters. The second kappa shape index (κ2) is 4.16. The van der Waals surface area contributed by atoms with Crippen LogP contribution < -0.4 is 5.32 Å². The Bertz CT molecular complexity index is 211. The topological polar surface area (TPSA) is 32.3 Å². The summed E-state index contributed by atoms with van der Waals surface area (Å²) in [7, 11) is 1.18. The van der Waals surface area contributed by atoms with Crippen molar-refractivity contribution in [2.24, 2.45) is 0 Å². The standard InChI is InChI=1S/C8H13F3N2O/c1-13(5-8(9,10)11)7(14)6-3-2-4-12-6/h6,12H,2-5H2,1H3/t6-/m0/s1. The van der Waals surface area contributed by atoms with Crippen molar-refractivity contribution in [3.63, 3.8) is 0 Å². The van der Waals surface area contributed by atoms with Gasteiger partial charge in [-0.2, -0.15) is 13.2 Å². The van der Waals surface area contributed by atoms with Crippen LogP contribution in [0.5, 0.6) is 0 Å². The predicted octanol–water partition coefficient (Wildman–Crippen LogP) is 0.759. The van der Waals surface area contributed by atoms with Gasteiger partial charge in [0.05, 0.1) is 6.04 Å². The summed E-state index contributed by atoms with van der Waals surface area (Å²) in [6.45, 7) is -0.472. The average molecular weight is 210 g/mol. The van der Waals surface area contributed by atoms with Crippen LogP contribution in [0.2, 0.25) is 0 Å². The number of nitrogens with zero attached hydrogens (tertiary/aromatic N) is 1. The van der Waals surface area contributed by atoms with Crippen LogP contribution in [0.1, 0.15) is 12.8 Å². The molecule has 6 heteroatoms. The third-order valence-corrected chi connectivity index (χ3v) is 2.15. The highest BCUT2D eigenvalue weighted by Crippen LogP contribution is 2.17. The highest BCUT2D eigenvalue weighted by atomic mass is 19.4. The molecule has 0 aromatic heterocycles. The van der Waals surface area contributed by atoms with Crippen LogP contribution in [0.15, 0.2) is 0 Å². The first-order valence-corrected chi connectivity index (χ1v) is 4.45. The maximum absolute atomic E-state index is 11.9. The van der Waals surface area contributed by atoms with Gasteiger partial charge in [0.15, 0.2) is 0 Å². The molecule has 0 unspecified atom stereocenters. The number of nitrogens with one attached hydrogen (secondary N) is 1. The second-order valence-electron chi connectivity index (χ2n) is 3.46. The lowest BCUT2D eigenvalue weighted by Gasteiger charge is -2.22. The van der Waals surface area contributed by atoms with Gasteiger partial charge in [-0.15, -0.1) is 0 Å². The molecule has 82 valence electrons. The Morgan fingerprint density at radius 2 is 2.21 bits per heavy atom. The Morgan fingerprint density at radius 3 is 2.64 bits per heavy atom. The zero-order chi connectivity index (χ0) is 10.8. The lowest BCUT2D eigenvalue weighted by Crippen LogP contribution is -2.45. The van der Waals surface area contributed by atoms with Gasteiger partial charge in [0.1, 0.15) is 6.54 Å². The number of alkyl halides is 3. The van der Waals surface area contributed by atoms with Crippen LogP contribution in [-0.4, -0.2) is 43.2 Å². The Hall–Kier alpha value is -0.780. The van der Waals surface area contributed by atoms with E-state index in [1.54, 1.807) is 0 Å². The first kappa shape index (κ1) is 11.3. The maximum atomic E-state index is 11.9. The number of carbonyl (C=O) groups is 1. The fraction of sp³-hybridized carbons (Fsp3) is 0.875. The van der Waals surface area contributed by atoms with Crippen LogP contribution in [-0.2, 0) is 4.79 Å². The van der Waals surface area contributed by atoms with Gasteiger partial charge in [0, 0.05) is 7.05 Å². The van der Waals surface area contributed by atoms with Crippen LogP contribution in [0.4, 0.5) is 13.2 Å². The SMILES string of the molecule is CN(CC(F)(F)F)C(=O)[C@@H]1CCCN1. The molecule has 0 spiro atoms. The van der Waals surface area contributed by atoms with Gasteiger partial charge < -0.3 is 10.2 Å². The van der Waals surface area contributed by atoms with Crippen molar-refractivity contribution < 1.29 is 18.0 Å². The second-order valence-corrected chi connectivity index (χ2v) is 3.46. The number of likely N-dealkylation sites (N-methyl/N-ethyl adjacent to an activating group) is 1. The van der Waals surface area contributed by atoms with E-state index in [0.717, 1.165) is 11.3 Å². The van der Waals surface area contributed by atoms with Gasteiger partial charge in [0.25, 0.3) is 0 Å². The van der Waals surface area contributed by atoms with Gasteiger partial charge in [-0.25, -0.2) is 0 Å². The summed E-state index contributed by atoms with van der Waals surface area (Å²) in [6.07, 6.45) is -2.85. The predicted molar refractivity (Wildman–Crippen MR) is 44.7 cm³/mol. The minimum Gasteiger partial charge on any atom is -0.335 e. The first-order chi connectivity index (χ1) is 6.40. The monoisotopic (exact) mass is 210 g/mol. The zero-order valence-electron chi connectivity index (χ0n) is 7.90. The van der Waals surface area contributed by atoms with Gasteiger partial charge in [-0.3, -0.25) is 4.79 Å². The summed E-state index contributed by atoms with van der Waals surface area (Å²) in [5.41, 5.74) is 0. The van der Waals surface area contributed by atoms with E-state index in [-0.39, 0.29) is 0 Å². The molecule has 1 N–H and O–H groups in total. The van der Waals surface area contributed by atoms with E-state index >= 15 is 0 Å². The first-order valence-electron chi connectivity index (χ1n) is 4.45. The van der Waals surface area contributed by atoms with Crippen LogP contribution in [0, 0.1) is 0 Å². The molecule has 3 nitrogen and oxygen atoms in total. The third kappa shape index (κ3) is 3.17. The molecule has 0 aliphatic carbocycles. The van der Waals surface area contributed by atoms with Gasteiger partial charge >= 0.3 is 6.18 Å². The molecule has 14 heavy (non-hydrogen) atoms. The fourth-order valence-electron chi connectivity index (χ4n) is 1.51. The molecule has 1 fully saturated rings. The van der Waals surface area contributed by atoms with Gasteiger partial charge in [-0.1, -0.05) is 0 Å². The molecule has 1 saturated heterocycles. The van der Waals surface area contributed by atoms with E-state index in [0.29, 0.717) is 13.0 Å². The molecule has 1 amide bonds. The Morgan fingerprint density at radius 1 is 1.57 bits per heavy atom. The number of rotatable bonds is 2. The summed E-state index contributed by atoms with van der Waals surface area (Å²) in [5.74, 6) is -0.472. The number of amides is 1. The number of carbonyl (C=O) groups excluding carboxylic acids is 1. The third-order valence-electron chi connectivity index (χ3n) is 2.15. The van der Waals surface area contributed by atoms with E-state index in [2.05, 4.69) is 5.32 Å². The summed E-state index contributed by atoms with van der Waals surface area (Å²) in [6, 6.07) is -0.428. The molecule has 1 aliphatic heterocycles. The lowest BCUT2D eigenvalue weighted by molar-refractivity contribution is -0.159. The number of halogens is 3. The minimum absolute atomic E-state index is 0.428. The zero-order valence-corrected chi connectivity index (χ0v) is 7.90. The van der Waals surface area contributed by atoms with Crippen LogP contribution in [0.3, 0.4) is 0 Å². The van der Waals surface area contributed by atoms with Crippen LogP contribution in [0.25, 0.3) is 0 Å². The van der Waals surface area contributed by atoms with Crippen molar-refractivity contribution >= 4 is 5.91 Å². The summed E-state index contributed by atoms with van der Waals surface area (Å²) in [5, 5.41) is 2.86. The number of hydrogen-bond donors (Lipinski definition) is 1. The van der Waals surface area contributed by atoms with Crippen LogP contribution >= 0.6 is 0 Å². The normalized spacial score (nSPS) is 22.4. The number of hydrogen-bond acceptors (Lipinski definition) is 2. The van der Waals surface area contributed by atoms with Gasteiger partial charge in [-0.05, 0) is 19.4 Å². The molecule has 1 aliphatic rings. The molecule has 0 radical (unpaired) electrons. The Kier molecular flexibility index (Phi) is 3.36. The lowest BCUT2D eigenvalue weighted by atomic mass is 10.2. The minimum atomic E-state index is -4.32. The van der Waals surface area contributed by atoms with Crippen molar-refractivity contribution in [3.05, 3.63) is 0 Å². The molecule has 0 saturated carbocycles. The summed E-state index contributed by atoms with van der Waals surface area (Å²) in [4.78, 5) is 12.1. The molecular formula is C8H13F3N2O. The van der Waals surface area contributed by atoms with Crippen molar-refractivity contribution in [1.82, 2.24) is 10.2 Å². The smallest absolute Gasteiger partial charge is 0.335 e. The molecule has 1 rings (SSSR count).